The Bertz CT molecular complexity index is 654. The van der Waals surface area contributed by atoms with Crippen molar-refractivity contribution >= 4 is 0 Å². The zero-order valence-corrected chi connectivity index (χ0v) is 15.2. The van der Waals surface area contributed by atoms with Crippen molar-refractivity contribution in [1.82, 2.24) is 10.2 Å². The first kappa shape index (κ1) is 17.8. The fraction of sp³-hybridized carbons (Fsp3) is 0.429. The van der Waals surface area contributed by atoms with E-state index in [4.69, 9.17) is 9.47 Å². The van der Waals surface area contributed by atoms with Crippen molar-refractivity contribution in [3.63, 3.8) is 0 Å². The van der Waals surface area contributed by atoms with Crippen LogP contribution in [0, 0.1) is 0 Å². The third-order valence-electron chi connectivity index (χ3n) is 4.69. The summed E-state index contributed by atoms with van der Waals surface area (Å²) in [6, 6.07) is 16.9. The lowest BCUT2D eigenvalue weighted by Crippen LogP contribution is -2.44. The van der Waals surface area contributed by atoms with Crippen LogP contribution in [0.4, 0.5) is 0 Å². The minimum Gasteiger partial charge on any atom is -0.490 e. The fourth-order valence-corrected chi connectivity index (χ4v) is 3.19. The highest BCUT2D eigenvalue weighted by atomic mass is 16.5. The highest BCUT2D eigenvalue weighted by Crippen LogP contribution is 2.33. The van der Waals surface area contributed by atoms with Gasteiger partial charge in [0.2, 0.25) is 0 Å². The molecule has 1 saturated heterocycles. The number of hydrogen-bond donors (Lipinski definition) is 1. The summed E-state index contributed by atoms with van der Waals surface area (Å²) in [6.45, 7) is 9.73. The lowest BCUT2D eigenvalue weighted by Gasteiger charge is -2.33. The highest BCUT2D eigenvalue weighted by molar-refractivity contribution is 5.44. The molecule has 0 saturated carbocycles. The minimum atomic E-state index is 0.379. The summed E-state index contributed by atoms with van der Waals surface area (Å²) in [4.78, 5) is 2.51. The topological polar surface area (TPSA) is 33.7 Å². The molecule has 1 fully saturated rings. The Kier molecular flexibility index (Phi) is 6.31. The molecule has 0 bridgehead atoms. The number of hydrogen-bond acceptors (Lipinski definition) is 4. The van der Waals surface area contributed by atoms with E-state index in [0.717, 1.165) is 43.2 Å². The van der Waals surface area contributed by atoms with Crippen molar-refractivity contribution in [2.75, 3.05) is 32.8 Å². The van der Waals surface area contributed by atoms with E-state index in [9.17, 15) is 0 Å². The summed E-state index contributed by atoms with van der Waals surface area (Å²) in [7, 11) is 0. The van der Waals surface area contributed by atoms with Crippen molar-refractivity contribution in [2.45, 2.75) is 26.5 Å². The summed E-state index contributed by atoms with van der Waals surface area (Å²) in [5.41, 5.74) is 2.43. The van der Waals surface area contributed by atoms with Crippen molar-refractivity contribution in [2.24, 2.45) is 0 Å². The normalized spacial score (nSPS) is 16.4. The highest BCUT2D eigenvalue weighted by Gasteiger charge is 2.19. The smallest absolute Gasteiger partial charge is 0.161 e. The van der Waals surface area contributed by atoms with Gasteiger partial charge in [0.15, 0.2) is 11.5 Å². The second-order valence-electron chi connectivity index (χ2n) is 6.38. The summed E-state index contributed by atoms with van der Waals surface area (Å²) in [5.74, 6) is 1.64. The van der Waals surface area contributed by atoms with Crippen LogP contribution in [0.15, 0.2) is 48.5 Å². The first-order chi connectivity index (χ1) is 12.3. The Hall–Kier alpha value is -2.04. The second-order valence-corrected chi connectivity index (χ2v) is 6.38. The molecule has 0 aliphatic carbocycles. The van der Waals surface area contributed by atoms with Gasteiger partial charge in [-0.1, -0.05) is 36.4 Å². The molecule has 0 aromatic heterocycles. The van der Waals surface area contributed by atoms with Crippen LogP contribution in [0.25, 0.3) is 0 Å². The lowest BCUT2D eigenvalue weighted by molar-refractivity contribution is 0.185. The summed E-state index contributed by atoms with van der Waals surface area (Å²) in [5, 5.41) is 3.41. The molecule has 0 radical (unpaired) electrons. The summed E-state index contributed by atoms with van der Waals surface area (Å²) in [6.07, 6.45) is 0. The van der Waals surface area contributed by atoms with Crippen LogP contribution < -0.4 is 14.8 Å². The number of nitrogens with zero attached hydrogens (tertiary/aromatic N) is 1. The van der Waals surface area contributed by atoms with Gasteiger partial charge in [0.1, 0.15) is 6.61 Å². The van der Waals surface area contributed by atoms with Crippen LogP contribution in [-0.2, 0) is 6.61 Å². The van der Waals surface area contributed by atoms with Crippen LogP contribution in [-0.4, -0.2) is 37.7 Å². The molecular formula is C21H28N2O2. The Labute approximate surface area is 150 Å². The Morgan fingerprint density at radius 1 is 1.00 bits per heavy atom. The molecule has 0 spiro atoms. The number of nitrogens with one attached hydrogen (secondary N) is 1. The van der Waals surface area contributed by atoms with Gasteiger partial charge in [0, 0.05) is 32.2 Å². The molecule has 4 nitrogen and oxygen atoms in total. The molecule has 25 heavy (non-hydrogen) atoms. The molecule has 134 valence electrons. The standard InChI is InChI=1S/C21H28N2O2/c1-3-24-21-15-19(17(2)23-13-11-22-12-14-23)9-10-20(21)25-16-18-7-5-4-6-8-18/h4-10,15,17,22H,3,11-14,16H2,1-2H3/t17-/m1/s1. The van der Waals surface area contributed by atoms with Gasteiger partial charge in [-0.25, -0.2) is 0 Å². The van der Waals surface area contributed by atoms with Gasteiger partial charge >= 0.3 is 0 Å². The van der Waals surface area contributed by atoms with Gasteiger partial charge in [-0.3, -0.25) is 4.90 Å². The quantitative estimate of drug-likeness (QED) is 0.834. The van der Waals surface area contributed by atoms with Crippen LogP contribution in [0.1, 0.15) is 31.0 Å². The molecule has 2 aromatic rings. The maximum atomic E-state index is 6.01. The molecule has 0 unspecified atom stereocenters. The molecule has 0 amide bonds. The van der Waals surface area contributed by atoms with Crippen LogP contribution in [0.2, 0.25) is 0 Å². The Morgan fingerprint density at radius 2 is 1.76 bits per heavy atom. The Balaban J connectivity index is 1.72. The summed E-state index contributed by atoms with van der Waals surface area (Å²) >= 11 is 0. The van der Waals surface area contributed by atoms with E-state index < -0.39 is 0 Å². The third-order valence-corrected chi connectivity index (χ3v) is 4.69. The molecular weight excluding hydrogens is 312 g/mol. The maximum absolute atomic E-state index is 6.01. The van der Waals surface area contributed by atoms with Gasteiger partial charge in [-0.05, 0) is 37.1 Å². The van der Waals surface area contributed by atoms with E-state index in [1.54, 1.807) is 0 Å². The number of piperazine rings is 1. The second kappa shape index (κ2) is 8.88. The van der Waals surface area contributed by atoms with Crippen molar-refractivity contribution in [1.29, 1.82) is 0 Å². The average Bonchev–Trinajstić information content (AvgIpc) is 2.68. The predicted molar refractivity (Wildman–Crippen MR) is 101 cm³/mol. The molecule has 1 heterocycles. The maximum Gasteiger partial charge on any atom is 0.161 e. The first-order valence-electron chi connectivity index (χ1n) is 9.16. The van der Waals surface area contributed by atoms with E-state index in [1.165, 1.54) is 5.56 Å². The molecule has 1 N–H and O–H groups in total. The van der Waals surface area contributed by atoms with E-state index in [-0.39, 0.29) is 0 Å². The van der Waals surface area contributed by atoms with Crippen LogP contribution in [0.5, 0.6) is 11.5 Å². The molecule has 4 heteroatoms. The van der Waals surface area contributed by atoms with E-state index in [2.05, 4.69) is 41.4 Å². The molecule has 1 atom stereocenters. The van der Waals surface area contributed by atoms with Crippen molar-refractivity contribution < 1.29 is 9.47 Å². The zero-order valence-electron chi connectivity index (χ0n) is 15.2. The largest absolute Gasteiger partial charge is 0.490 e. The number of rotatable bonds is 7. The van der Waals surface area contributed by atoms with Crippen LogP contribution in [0.3, 0.4) is 0 Å². The molecule has 1 aliphatic heterocycles. The van der Waals surface area contributed by atoms with E-state index in [0.29, 0.717) is 19.3 Å². The Morgan fingerprint density at radius 3 is 2.48 bits per heavy atom. The van der Waals surface area contributed by atoms with E-state index >= 15 is 0 Å². The predicted octanol–water partition coefficient (Wildman–Crippen LogP) is 3.63. The van der Waals surface area contributed by atoms with Gasteiger partial charge in [0.05, 0.1) is 6.61 Å². The van der Waals surface area contributed by atoms with Gasteiger partial charge < -0.3 is 14.8 Å². The van der Waals surface area contributed by atoms with Crippen LogP contribution >= 0.6 is 0 Å². The molecule has 3 rings (SSSR count). The average molecular weight is 340 g/mol. The molecule has 2 aromatic carbocycles. The van der Waals surface area contributed by atoms with Gasteiger partial charge in [-0.2, -0.15) is 0 Å². The monoisotopic (exact) mass is 340 g/mol. The third kappa shape index (κ3) is 4.74. The minimum absolute atomic E-state index is 0.379. The van der Waals surface area contributed by atoms with Gasteiger partial charge in [-0.15, -0.1) is 0 Å². The SMILES string of the molecule is CCOc1cc([C@@H](C)N2CCNCC2)ccc1OCc1ccccc1. The molecule has 1 aliphatic rings. The summed E-state index contributed by atoms with van der Waals surface area (Å²) < 4.78 is 11.9. The zero-order chi connectivity index (χ0) is 17.5. The number of ether oxygens (including phenoxy) is 2. The fourth-order valence-electron chi connectivity index (χ4n) is 3.19. The van der Waals surface area contributed by atoms with Gasteiger partial charge in [0.25, 0.3) is 0 Å². The van der Waals surface area contributed by atoms with E-state index in [1.807, 2.05) is 31.2 Å². The first-order valence-corrected chi connectivity index (χ1v) is 9.16. The number of benzene rings is 2. The lowest BCUT2D eigenvalue weighted by atomic mass is 10.1. The van der Waals surface area contributed by atoms with Crippen molar-refractivity contribution in [3.8, 4) is 11.5 Å². The van der Waals surface area contributed by atoms with Crippen molar-refractivity contribution in [3.05, 3.63) is 59.7 Å².